The second kappa shape index (κ2) is 3.95. The minimum absolute atomic E-state index is 0.282. The van der Waals surface area contributed by atoms with E-state index in [2.05, 4.69) is 19.2 Å². The molecule has 0 aromatic heterocycles. The summed E-state index contributed by atoms with van der Waals surface area (Å²) in [6, 6.07) is -0.282. The Morgan fingerprint density at radius 3 is 2.50 bits per heavy atom. The van der Waals surface area contributed by atoms with Gasteiger partial charge in [0.2, 0.25) is 0 Å². The van der Waals surface area contributed by atoms with Crippen molar-refractivity contribution in [1.29, 1.82) is 0 Å². The van der Waals surface area contributed by atoms with E-state index in [1.807, 2.05) is 0 Å². The van der Waals surface area contributed by atoms with Crippen LogP contribution in [0.15, 0.2) is 12.7 Å². The van der Waals surface area contributed by atoms with Gasteiger partial charge in [-0.15, -0.1) is 6.58 Å². The molecule has 0 radical (unpaired) electrons. The van der Waals surface area contributed by atoms with E-state index >= 15 is 0 Å². The molecule has 8 heavy (non-hydrogen) atoms. The van der Waals surface area contributed by atoms with E-state index in [0.29, 0.717) is 5.75 Å². The Labute approximate surface area is 54.8 Å². The Morgan fingerprint density at radius 2 is 2.38 bits per heavy atom. The zero-order valence-corrected chi connectivity index (χ0v) is 5.51. The lowest BCUT2D eigenvalue weighted by molar-refractivity contribution is 0.200. The molecule has 0 heterocycles. The van der Waals surface area contributed by atoms with Crippen LogP contribution in [0.5, 0.6) is 0 Å². The molecule has 0 aliphatic rings. The molecule has 3 heteroatoms. The highest BCUT2D eigenvalue weighted by atomic mass is 32.1. The maximum absolute atomic E-state index is 8.83. The molecule has 3 N–H and O–H groups in total. The maximum Gasteiger partial charge on any atom is 0.0877 e. The van der Waals surface area contributed by atoms with Crippen LogP contribution in [-0.4, -0.2) is 23.0 Å². The zero-order chi connectivity index (χ0) is 6.57. The fourth-order valence-corrected chi connectivity index (χ4v) is 0.499. The summed E-state index contributed by atoms with van der Waals surface area (Å²) in [5.41, 5.74) is 5.33. The molecule has 0 spiro atoms. The van der Waals surface area contributed by atoms with Crippen LogP contribution in [-0.2, 0) is 0 Å². The summed E-state index contributed by atoms with van der Waals surface area (Å²) in [7, 11) is 0. The van der Waals surface area contributed by atoms with Gasteiger partial charge in [0, 0.05) is 11.8 Å². The molecule has 0 saturated heterocycles. The summed E-state index contributed by atoms with van der Waals surface area (Å²) in [6.45, 7) is 3.37. The highest BCUT2D eigenvalue weighted by Crippen LogP contribution is 1.91. The van der Waals surface area contributed by atoms with Crippen molar-refractivity contribution < 1.29 is 5.11 Å². The average molecular weight is 133 g/mol. The first-order valence-electron chi connectivity index (χ1n) is 2.39. The number of aliphatic hydroxyl groups is 1. The molecule has 2 nitrogen and oxygen atoms in total. The standard InChI is InChI=1S/C5H11NOS/c1-2-5(7)4(6)3-8/h2,4-5,7-8H,1,3,6H2/t4-,5?/m1/s1. The maximum atomic E-state index is 8.83. The Kier molecular flexibility index (Phi) is 3.95. The topological polar surface area (TPSA) is 46.2 Å². The molecule has 0 bridgehead atoms. The molecule has 0 aliphatic carbocycles. The van der Waals surface area contributed by atoms with E-state index in [1.165, 1.54) is 6.08 Å². The quantitative estimate of drug-likeness (QED) is 0.368. The van der Waals surface area contributed by atoms with Crippen molar-refractivity contribution in [3.05, 3.63) is 12.7 Å². The number of aliphatic hydroxyl groups excluding tert-OH is 1. The van der Waals surface area contributed by atoms with Crippen LogP contribution in [0.4, 0.5) is 0 Å². The first kappa shape index (κ1) is 8.01. The third-order valence-corrected chi connectivity index (χ3v) is 1.31. The van der Waals surface area contributed by atoms with Gasteiger partial charge in [-0.05, 0) is 0 Å². The van der Waals surface area contributed by atoms with E-state index < -0.39 is 6.10 Å². The predicted octanol–water partition coefficient (Wildman–Crippen LogP) is -0.210. The first-order valence-corrected chi connectivity index (χ1v) is 3.02. The van der Waals surface area contributed by atoms with Gasteiger partial charge in [-0.1, -0.05) is 6.08 Å². The second-order valence-electron chi connectivity index (χ2n) is 1.57. The van der Waals surface area contributed by atoms with Crippen molar-refractivity contribution in [3.8, 4) is 0 Å². The molecule has 0 aromatic carbocycles. The van der Waals surface area contributed by atoms with Crippen molar-refractivity contribution in [2.24, 2.45) is 5.73 Å². The highest BCUT2D eigenvalue weighted by Gasteiger charge is 2.06. The molecular formula is C5H11NOS. The van der Waals surface area contributed by atoms with Gasteiger partial charge in [0.05, 0.1) is 6.10 Å². The molecule has 1 unspecified atom stereocenters. The molecule has 0 aromatic rings. The second-order valence-corrected chi connectivity index (χ2v) is 1.94. The molecule has 0 rings (SSSR count). The lowest BCUT2D eigenvalue weighted by atomic mass is 10.2. The van der Waals surface area contributed by atoms with E-state index in [9.17, 15) is 0 Å². The van der Waals surface area contributed by atoms with Gasteiger partial charge in [-0.25, -0.2) is 0 Å². The van der Waals surface area contributed by atoms with Crippen LogP contribution < -0.4 is 5.73 Å². The Hall–Kier alpha value is 0.0100. The number of thiol groups is 1. The van der Waals surface area contributed by atoms with Crippen molar-refractivity contribution in [3.63, 3.8) is 0 Å². The smallest absolute Gasteiger partial charge is 0.0877 e. The van der Waals surface area contributed by atoms with Crippen molar-refractivity contribution in [1.82, 2.24) is 0 Å². The normalized spacial score (nSPS) is 17.4. The largest absolute Gasteiger partial charge is 0.387 e. The molecule has 0 saturated carbocycles. The van der Waals surface area contributed by atoms with Crippen LogP contribution in [0.3, 0.4) is 0 Å². The Morgan fingerprint density at radius 1 is 1.88 bits per heavy atom. The fraction of sp³-hybridized carbons (Fsp3) is 0.600. The van der Waals surface area contributed by atoms with Crippen molar-refractivity contribution in [2.75, 3.05) is 5.75 Å². The number of rotatable bonds is 3. The van der Waals surface area contributed by atoms with Crippen LogP contribution in [0.25, 0.3) is 0 Å². The van der Waals surface area contributed by atoms with Crippen molar-refractivity contribution in [2.45, 2.75) is 12.1 Å². The number of nitrogens with two attached hydrogens (primary N) is 1. The third-order valence-electron chi connectivity index (χ3n) is 0.891. The minimum atomic E-state index is -0.618. The average Bonchev–Trinajstić information content (AvgIpc) is 1.84. The van der Waals surface area contributed by atoms with Gasteiger partial charge in [-0.2, -0.15) is 12.6 Å². The zero-order valence-electron chi connectivity index (χ0n) is 4.62. The molecular weight excluding hydrogens is 122 g/mol. The molecule has 0 fully saturated rings. The Balaban J connectivity index is 3.44. The van der Waals surface area contributed by atoms with Gasteiger partial charge >= 0.3 is 0 Å². The first-order chi connectivity index (χ1) is 3.72. The Bertz CT molecular complexity index is 76.8. The van der Waals surface area contributed by atoms with Crippen molar-refractivity contribution >= 4 is 12.6 Å². The molecule has 0 amide bonds. The lowest BCUT2D eigenvalue weighted by Gasteiger charge is -2.10. The van der Waals surface area contributed by atoms with E-state index in [1.54, 1.807) is 0 Å². The van der Waals surface area contributed by atoms with Crippen LogP contribution >= 0.6 is 12.6 Å². The van der Waals surface area contributed by atoms with Crippen LogP contribution in [0, 0.1) is 0 Å². The van der Waals surface area contributed by atoms with Gasteiger partial charge in [0.1, 0.15) is 0 Å². The summed E-state index contributed by atoms with van der Waals surface area (Å²) in [4.78, 5) is 0. The number of hydrogen-bond acceptors (Lipinski definition) is 3. The summed E-state index contributed by atoms with van der Waals surface area (Å²) >= 11 is 3.88. The van der Waals surface area contributed by atoms with E-state index in [0.717, 1.165) is 0 Å². The van der Waals surface area contributed by atoms with E-state index in [-0.39, 0.29) is 6.04 Å². The molecule has 48 valence electrons. The summed E-state index contributed by atoms with van der Waals surface area (Å²) in [6.07, 6.45) is 0.786. The highest BCUT2D eigenvalue weighted by molar-refractivity contribution is 7.80. The SMILES string of the molecule is C=CC(O)[C@H](N)CS. The lowest BCUT2D eigenvalue weighted by Crippen LogP contribution is -2.34. The van der Waals surface area contributed by atoms with Gasteiger partial charge in [0.25, 0.3) is 0 Å². The predicted molar refractivity (Wildman–Crippen MR) is 38.0 cm³/mol. The molecule has 0 aliphatic heterocycles. The molecule has 2 atom stereocenters. The fourth-order valence-electron chi connectivity index (χ4n) is 0.283. The summed E-state index contributed by atoms with van der Waals surface area (Å²) in [5.74, 6) is 0.479. The van der Waals surface area contributed by atoms with Gasteiger partial charge < -0.3 is 10.8 Å². The summed E-state index contributed by atoms with van der Waals surface area (Å²) < 4.78 is 0. The van der Waals surface area contributed by atoms with Crippen LogP contribution in [0.2, 0.25) is 0 Å². The minimum Gasteiger partial charge on any atom is -0.387 e. The van der Waals surface area contributed by atoms with Crippen LogP contribution in [0.1, 0.15) is 0 Å². The van der Waals surface area contributed by atoms with Gasteiger partial charge in [-0.3, -0.25) is 0 Å². The monoisotopic (exact) mass is 133 g/mol. The van der Waals surface area contributed by atoms with E-state index in [4.69, 9.17) is 10.8 Å². The summed E-state index contributed by atoms with van der Waals surface area (Å²) in [5, 5.41) is 8.83. The van der Waals surface area contributed by atoms with Gasteiger partial charge in [0.15, 0.2) is 0 Å². The third kappa shape index (κ3) is 2.35. The number of hydrogen-bond donors (Lipinski definition) is 3.